The number of amides is 1. The molecular formula is C11H14N2O3. The Morgan fingerprint density at radius 3 is 2.31 bits per heavy atom. The topological polar surface area (TPSA) is 70.5 Å². The van der Waals surface area contributed by atoms with Crippen LogP contribution in [-0.4, -0.2) is 40.0 Å². The summed E-state index contributed by atoms with van der Waals surface area (Å²) in [5.74, 6) is -1.37. The maximum Gasteiger partial charge on any atom is 0.354 e. The molecule has 86 valence electrons. The van der Waals surface area contributed by atoms with Gasteiger partial charge in [0.05, 0.1) is 0 Å². The first kappa shape index (κ1) is 12.2. The maximum atomic E-state index is 11.9. The van der Waals surface area contributed by atoms with Gasteiger partial charge in [0, 0.05) is 13.1 Å². The summed E-state index contributed by atoms with van der Waals surface area (Å²) in [4.78, 5) is 27.9. The van der Waals surface area contributed by atoms with Gasteiger partial charge in [0.1, 0.15) is 11.4 Å². The number of hydrogen-bond acceptors (Lipinski definition) is 3. The number of rotatable bonds is 4. The van der Waals surface area contributed by atoms with Crippen LogP contribution in [0, 0.1) is 0 Å². The first-order chi connectivity index (χ1) is 7.60. The van der Waals surface area contributed by atoms with Gasteiger partial charge in [0.25, 0.3) is 5.91 Å². The van der Waals surface area contributed by atoms with Gasteiger partial charge in [-0.1, -0.05) is 6.07 Å². The molecule has 0 aliphatic rings. The van der Waals surface area contributed by atoms with Crippen LogP contribution in [0.3, 0.4) is 0 Å². The van der Waals surface area contributed by atoms with E-state index in [4.69, 9.17) is 5.11 Å². The van der Waals surface area contributed by atoms with Crippen molar-refractivity contribution < 1.29 is 14.7 Å². The first-order valence-corrected chi connectivity index (χ1v) is 5.09. The standard InChI is InChI=1S/C11H14N2O3/c1-3-13(4-2)10(14)8-6-5-7-9(12-8)11(15)16/h5-7H,3-4H2,1-2H3,(H,15,16). The van der Waals surface area contributed by atoms with Gasteiger partial charge in [-0.15, -0.1) is 0 Å². The summed E-state index contributed by atoms with van der Waals surface area (Å²) in [5, 5.41) is 8.76. The molecule has 0 radical (unpaired) electrons. The molecule has 16 heavy (non-hydrogen) atoms. The Morgan fingerprint density at radius 1 is 1.25 bits per heavy atom. The van der Waals surface area contributed by atoms with Crippen LogP contribution in [0.1, 0.15) is 34.8 Å². The lowest BCUT2D eigenvalue weighted by Gasteiger charge is -2.17. The van der Waals surface area contributed by atoms with Crippen molar-refractivity contribution in [2.75, 3.05) is 13.1 Å². The predicted molar refractivity (Wildman–Crippen MR) is 58.4 cm³/mol. The van der Waals surface area contributed by atoms with E-state index in [1.807, 2.05) is 13.8 Å². The second kappa shape index (κ2) is 5.25. The third-order valence-corrected chi connectivity index (χ3v) is 2.24. The van der Waals surface area contributed by atoms with Crippen LogP contribution in [0.2, 0.25) is 0 Å². The van der Waals surface area contributed by atoms with E-state index in [2.05, 4.69) is 4.98 Å². The summed E-state index contributed by atoms with van der Waals surface area (Å²) < 4.78 is 0. The molecule has 0 saturated heterocycles. The minimum absolute atomic E-state index is 0.113. The van der Waals surface area contributed by atoms with E-state index in [1.54, 1.807) is 4.90 Å². The Morgan fingerprint density at radius 2 is 1.81 bits per heavy atom. The third-order valence-electron chi connectivity index (χ3n) is 2.24. The molecule has 0 aromatic carbocycles. The van der Waals surface area contributed by atoms with E-state index in [0.717, 1.165) is 0 Å². The molecule has 0 bridgehead atoms. The Kier molecular flexibility index (Phi) is 3.99. The maximum absolute atomic E-state index is 11.9. The molecule has 0 atom stereocenters. The van der Waals surface area contributed by atoms with Crippen molar-refractivity contribution in [2.45, 2.75) is 13.8 Å². The smallest absolute Gasteiger partial charge is 0.354 e. The second-order valence-electron chi connectivity index (χ2n) is 3.19. The van der Waals surface area contributed by atoms with E-state index >= 15 is 0 Å². The summed E-state index contributed by atoms with van der Waals surface area (Å²) in [6, 6.07) is 4.40. The first-order valence-electron chi connectivity index (χ1n) is 5.09. The monoisotopic (exact) mass is 222 g/mol. The highest BCUT2D eigenvalue weighted by Crippen LogP contribution is 2.04. The van der Waals surface area contributed by atoms with Gasteiger partial charge in [-0.05, 0) is 26.0 Å². The van der Waals surface area contributed by atoms with Gasteiger partial charge < -0.3 is 10.0 Å². The Balaban J connectivity index is 3.00. The summed E-state index contributed by atoms with van der Waals surface area (Å²) in [6.07, 6.45) is 0. The van der Waals surface area contributed by atoms with Crippen molar-refractivity contribution in [1.29, 1.82) is 0 Å². The summed E-state index contributed by atoms with van der Waals surface area (Å²) >= 11 is 0. The number of carbonyl (C=O) groups is 2. The Labute approximate surface area is 93.7 Å². The van der Waals surface area contributed by atoms with Crippen LogP contribution in [0.4, 0.5) is 0 Å². The average Bonchev–Trinajstić information content (AvgIpc) is 2.30. The third kappa shape index (κ3) is 2.56. The van der Waals surface area contributed by atoms with Crippen molar-refractivity contribution in [1.82, 2.24) is 9.88 Å². The van der Waals surface area contributed by atoms with Gasteiger partial charge in [-0.3, -0.25) is 4.79 Å². The molecule has 1 rings (SSSR count). The molecule has 1 aromatic heterocycles. The molecule has 5 heteroatoms. The van der Waals surface area contributed by atoms with Crippen LogP contribution in [-0.2, 0) is 0 Å². The molecule has 0 saturated carbocycles. The molecule has 1 aromatic rings. The molecule has 0 spiro atoms. The van der Waals surface area contributed by atoms with Gasteiger partial charge in [-0.2, -0.15) is 0 Å². The van der Waals surface area contributed by atoms with Crippen molar-refractivity contribution in [3.63, 3.8) is 0 Å². The quantitative estimate of drug-likeness (QED) is 0.832. The largest absolute Gasteiger partial charge is 0.477 e. The number of carboxylic acid groups (broad SMARTS) is 1. The van der Waals surface area contributed by atoms with Gasteiger partial charge in [0.15, 0.2) is 0 Å². The molecule has 0 aliphatic carbocycles. The molecule has 0 unspecified atom stereocenters. The number of aromatic nitrogens is 1. The predicted octanol–water partition coefficient (Wildman–Crippen LogP) is 1.26. The molecule has 1 heterocycles. The lowest BCUT2D eigenvalue weighted by molar-refractivity contribution is 0.0690. The second-order valence-corrected chi connectivity index (χ2v) is 3.19. The van der Waals surface area contributed by atoms with Gasteiger partial charge in [-0.25, -0.2) is 9.78 Å². The van der Waals surface area contributed by atoms with E-state index in [9.17, 15) is 9.59 Å². The molecule has 0 aliphatic heterocycles. The molecule has 1 N–H and O–H groups in total. The van der Waals surface area contributed by atoms with E-state index in [1.165, 1.54) is 18.2 Å². The lowest BCUT2D eigenvalue weighted by Crippen LogP contribution is -2.31. The van der Waals surface area contributed by atoms with E-state index < -0.39 is 5.97 Å². The normalized spacial score (nSPS) is 9.88. The average molecular weight is 222 g/mol. The van der Waals surface area contributed by atoms with Crippen molar-refractivity contribution in [2.24, 2.45) is 0 Å². The Bertz CT molecular complexity index is 400. The number of nitrogens with zero attached hydrogens (tertiary/aromatic N) is 2. The SMILES string of the molecule is CCN(CC)C(=O)c1cccc(C(=O)O)n1. The fourth-order valence-electron chi connectivity index (χ4n) is 1.35. The highest BCUT2D eigenvalue weighted by atomic mass is 16.4. The van der Waals surface area contributed by atoms with Crippen LogP contribution in [0.5, 0.6) is 0 Å². The zero-order valence-corrected chi connectivity index (χ0v) is 9.30. The highest BCUT2D eigenvalue weighted by Gasteiger charge is 2.15. The summed E-state index contributed by atoms with van der Waals surface area (Å²) in [5.41, 5.74) is 0.0570. The number of carbonyl (C=O) groups excluding carboxylic acids is 1. The zero-order chi connectivity index (χ0) is 12.1. The fraction of sp³-hybridized carbons (Fsp3) is 0.364. The highest BCUT2D eigenvalue weighted by molar-refractivity contribution is 5.94. The van der Waals surface area contributed by atoms with Crippen LogP contribution < -0.4 is 0 Å². The van der Waals surface area contributed by atoms with Crippen molar-refractivity contribution in [3.8, 4) is 0 Å². The number of hydrogen-bond donors (Lipinski definition) is 1. The fourth-order valence-corrected chi connectivity index (χ4v) is 1.35. The Hall–Kier alpha value is -1.91. The number of carboxylic acids is 1. The lowest BCUT2D eigenvalue weighted by atomic mass is 10.2. The summed E-state index contributed by atoms with van der Waals surface area (Å²) in [7, 11) is 0. The number of pyridine rings is 1. The molecule has 5 nitrogen and oxygen atoms in total. The van der Waals surface area contributed by atoms with E-state index in [0.29, 0.717) is 13.1 Å². The van der Waals surface area contributed by atoms with E-state index in [-0.39, 0.29) is 17.3 Å². The van der Waals surface area contributed by atoms with Crippen LogP contribution in [0.25, 0.3) is 0 Å². The minimum atomic E-state index is -1.13. The van der Waals surface area contributed by atoms with Crippen LogP contribution >= 0.6 is 0 Å². The molecule has 0 fully saturated rings. The summed E-state index contributed by atoms with van der Waals surface area (Å²) in [6.45, 7) is 4.88. The molecule has 1 amide bonds. The van der Waals surface area contributed by atoms with Gasteiger partial charge >= 0.3 is 5.97 Å². The molecular weight excluding hydrogens is 208 g/mol. The van der Waals surface area contributed by atoms with Crippen molar-refractivity contribution in [3.05, 3.63) is 29.6 Å². The van der Waals surface area contributed by atoms with Crippen molar-refractivity contribution >= 4 is 11.9 Å². The number of aromatic carboxylic acids is 1. The van der Waals surface area contributed by atoms with Crippen LogP contribution in [0.15, 0.2) is 18.2 Å². The minimum Gasteiger partial charge on any atom is -0.477 e. The zero-order valence-electron chi connectivity index (χ0n) is 9.30. The van der Waals surface area contributed by atoms with Gasteiger partial charge in [0.2, 0.25) is 0 Å².